The molecule has 4 aromatic rings. The van der Waals surface area contributed by atoms with E-state index in [0.717, 1.165) is 28.4 Å². The molecule has 23 heavy (non-hydrogen) atoms. The van der Waals surface area contributed by atoms with Gasteiger partial charge in [0.05, 0.1) is 16.7 Å². The van der Waals surface area contributed by atoms with Crippen LogP contribution >= 0.6 is 0 Å². The molecule has 0 bridgehead atoms. The summed E-state index contributed by atoms with van der Waals surface area (Å²) in [6.07, 6.45) is 7.50. The first-order valence-corrected chi connectivity index (χ1v) is 7.40. The Labute approximate surface area is 133 Å². The summed E-state index contributed by atoms with van der Waals surface area (Å²) in [5, 5.41) is 0. The Morgan fingerprint density at radius 1 is 0.739 bits per heavy atom. The highest BCUT2D eigenvalue weighted by molar-refractivity contribution is 5.81. The number of nitrogens with zero attached hydrogens (tertiary/aromatic N) is 4. The van der Waals surface area contributed by atoms with E-state index in [4.69, 9.17) is 4.98 Å². The molecule has 0 saturated heterocycles. The van der Waals surface area contributed by atoms with Crippen molar-refractivity contribution in [1.82, 2.24) is 19.5 Å². The third-order valence-electron chi connectivity index (χ3n) is 3.56. The van der Waals surface area contributed by atoms with Crippen LogP contribution in [0.2, 0.25) is 0 Å². The van der Waals surface area contributed by atoms with Gasteiger partial charge in [0.1, 0.15) is 11.6 Å². The normalized spacial score (nSPS) is 11.3. The lowest BCUT2D eigenvalue weighted by Gasteiger charge is -2.05. The number of para-hydroxylation sites is 2. The van der Waals surface area contributed by atoms with E-state index in [0.29, 0.717) is 0 Å². The van der Waals surface area contributed by atoms with Crippen molar-refractivity contribution in [2.75, 3.05) is 0 Å². The summed E-state index contributed by atoms with van der Waals surface area (Å²) in [5.74, 6) is 1.68. The summed E-state index contributed by atoms with van der Waals surface area (Å²) in [6.45, 7) is 0. The van der Waals surface area contributed by atoms with Gasteiger partial charge >= 0.3 is 0 Å². The molecule has 0 N–H and O–H groups in total. The quantitative estimate of drug-likeness (QED) is 0.574. The Kier molecular flexibility index (Phi) is 3.41. The van der Waals surface area contributed by atoms with Crippen LogP contribution in [0.4, 0.5) is 0 Å². The Balaban J connectivity index is 1.88. The smallest absolute Gasteiger partial charge is 0.139 e. The molecule has 0 atom stereocenters. The van der Waals surface area contributed by atoms with Crippen LogP contribution in [0.1, 0.15) is 11.5 Å². The van der Waals surface area contributed by atoms with Gasteiger partial charge in [0.15, 0.2) is 0 Å². The van der Waals surface area contributed by atoms with Gasteiger partial charge in [0.25, 0.3) is 0 Å². The van der Waals surface area contributed by atoms with Gasteiger partial charge in [-0.2, -0.15) is 0 Å². The number of rotatable bonds is 3. The van der Waals surface area contributed by atoms with Crippen molar-refractivity contribution in [1.29, 1.82) is 0 Å². The molecular formula is C19H14N4. The summed E-state index contributed by atoms with van der Waals surface area (Å²) in [5.41, 5.74) is 2.87. The van der Waals surface area contributed by atoms with Gasteiger partial charge in [-0.15, -0.1) is 0 Å². The molecule has 1 aromatic carbocycles. The highest BCUT2D eigenvalue weighted by Gasteiger charge is 2.10. The fourth-order valence-corrected chi connectivity index (χ4v) is 2.52. The summed E-state index contributed by atoms with van der Waals surface area (Å²) >= 11 is 0. The minimum atomic E-state index is 0.829. The van der Waals surface area contributed by atoms with Crippen molar-refractivity contribution in [2.45, 2.75) is 0 Å². The molecule has 3 aromatic heterocycles. The van der Waals surface area contributed by atoms with Crippen molar-refractivity contribution in [3.63, 3.8) is 0 Å². The Morgan fingerprint density at radius 2 is 1.52 bits per heavy atom. The molecule has 0 aliphatic heterocycles. The zero-order chi connectivity index (χ0) is 15.5. The van der Waals surface area contributed by atoms with Gasteiger partial charge < -0.3 is 0 Å². The standard InChI is InChI=1S/C19H14N4/c1-2-9-17-16(8-1)22-19(12-11-15-7-3-5-13-20-15)23(17)18-10-4-6-14-21-18/h1-14H. The van der Waals surface area contributed by atoms with Crippen LogP contribution in [0, 0.1) is 0 Å². The van der Waals surface area contributed by atoms with Crippen LogP contribution in [-0.2, 0) is 0 Å². The number of benzene rings is 1. The van der Waals surface area contributed by atoms with Crippen molar-refractivity contribution in [2.24, 2.45) is 0 Å². The van der Waals surface area contributed by atoms with Crippen LogP contribution in [0.5, 0.6) is 0 Å². The monoisotopic (exact) mass is 298 g/mol. The average molecular weight is 298 g/mol. The summed E-state index contributed by atoms with van der Waals surface area (Å²) in [7, 11) is 0. The molecule has 0 aliphatic rings. The van der Waals surface area contributed by atoms with Crippen LogP contribution in [0.25, 0.3) is 29.0 Å². The van der Waals surface area contributed by atoms with Crippen molar-refractivity contribution in [3.05, 3.63) is 84.6 Å². The number of hydrogen-bond acceptors (Lipinski definition) is 3. The van der Waals surface area contributed by atoms with E-state index >= 15 is 0 Å². The van der Waals surface area contributed by atoms with Crippen molar-refractivity contribution < 1.29 is 0 Å². The number of pyridine rings is 2. The van der Waals surface area contributed by atoms with Crippen LogP contribution in [-0.4, -0.2) is 19.5 Å². The summed E-state index contributed by atoms with van der Waals surface area (Å²) in [6, 6.07) is 19.8. The number of hydrogen-bond donors (Lipinski definition) is 0. The molecule has 3 heterocycles. The molecule has 0 aliphatic carbocycles. The predicted octanol–water partition coefficient (Wildman–Crippen LogP) is 3.99. The zero-order valence-electron chi connectivity index (χ0n) is 12.4. The maximum Gasteiger partial charge on any atom is 0.139 e. The average Bonchev–Trinajstić information content (AvgIpc) is 3.00. The minimum absolute atomic E-state index is 0.829. The van der Waals surface area contributed by atoms with Crippen molar-refractivity contribution >= 4 is 23.2 Å². The molecule has 0 radical (unpaired) electrons. The molecule has 0 amide bonds. The van der Waals surface area contributed by atoms with Gasteiger partial charge in [-0.1, -0.05) is 24.3 Å². The lowest BCUT2D eigenvalue weighted by Crippen LogP contribution is -1.99. The van der Waals surface area contributed by atoms with E-state index in [1.165, 1.54) is 0 Å². The number of fused-ring (bicyclic) bond motifs is 1. The fourth-order valence-electron chi connectivity index (χ4n) is 2.52. The third kappa shape index (κ3) is 2.62. The third-order valence-corrected chi connectivity index (χ3v) is 3.56. The molecule has 0 unspecified atom stereocenters. The van der Waals surface area contributed by atoms with E-state index in [9.17, 15) is 0 Å². The van der Waals surface area contributed by atoms with Gasteiger partial charge in [-0.3, -0.25) is 9.55 Å². The minimum Gasteiger partial charge on any atom is -0.277 e. The van der Waals surface area contributed by atoms with Gasteiger partial charge in [-0.05, 0) is 48.6 Å². The van der Waals surface area contributed by atoms with E-state index in [2.05, 4.69) is 20.6 Å². The maximum absolute atomic E-state index is 4.71. The second-order valence-corrected chi connectivity index (χ2v) is 5.07. The predicted molar refractivity (Wildman–Crippen MR) is 92.0 cm³/mol. The molecule has 4 heteroatoms. The topological polar surface area (TPSA) is 43.6 Å². The maximum atomic E-state index is 4.71. The zero-order valence-corrected chi connectivity index (χ0v) is 12.4. The van der Waals surface area contributed by atoms with Gasteiger partial charge in [-0.25, -0.2) is 9.97 Å². The molecule has 0 fully saturated rings. The Morgan fingerprint density at radius 3 is 2.30 bits per heavy atom. The first-order chi connectivity index (χ1) is 11.4. The molecular weight excluding hydrogens is 284 g/mol. The molecule has 4 rings (SSSR count). The Bertz CT molecular complexity index is 957. The molecule has 110 valence electrons. The van der Waals surface area contributed by atoms with Crippen LogP contribution in [0.3, 0.4) is 0 Å². The van der Waals surface area contributed by atoms with Crippen molar-refractivity contribution in [3.8, 4) is 5.82 Å². The van der Waals surface area contributed by atoms with Crippen LogP contribution in [0.15, 0.2) is 73.1 Å². The van der Waals surface area contributed by atoms with Crippen LogP contribution < -0.4 is 0 Å². The van der Waals surface area contributed by atoms with E-state index in [1.807, 2.05) is 66.7 Å². The largest absolute Gasteiger partial charge is 0.277 e. The number of aromatic nitrogens is 4. The molecule has 4 nitrogen and oxygen atoms in total. The van der Waals surface area contributed by atoms with E-state index < -0.39 is 0 Å². The second-order valence-electron chi connectivity index (χ2n) is 5.07. The van der Waals surface area contributed by atoms with Gasteiger partial charge in [0, 0.05) is 12.4 Å². The Hall–Kier alpha value is -3.27. The molecule has 0 saturated carbocycles. The highest BCUT2D eigenvalue weighted by Crippen LogP contribution is 2.21. The van der Waals surface area contributed by atoms with Gasteiger partial charge in [0.2, 0.25) is 0 Å². The lowest BCUT2D eigenvalue weighted by molar-refractivity contribution is 1.00. The number of imidazole rings is 1. The first-order valence-electron chi connectivity index (χ1n) is 7.40. The second kappa shape index (κ2) is 5.85. The summed E-state index contributed by atoms with van der Waals surface area (Å²) in [4.78, 5) is 13.5. The molecule has 0 spiro atoms. The summed E-state index contributed by atoms with van der Waals surface area (Å²) < 4.78 is 2.05. The first kappa shape index (κ1) is 13.4. The van der Waals surface area contributed by atoms with E-state index in [1.54, 1.807) is 12.4 Å². The fraction of sp³-hybridized carbons (Fsp3) is 0. The van der Waals surface area contributed by atoms with E-state index in [-0.39, 0.29) is 0 Å². The lowest BCUT2D eigenvalue weighted by atomic mass is 10.3. The highest BCUT2D eigenvalue weighted by atomic mass is 15.1. The SMILES string of the molecule is C(=Cc1nc2ccccc2n1-c1ccccn1)c1ccccn1.